The molecule has 1 atom stereocenters. The molecule has 0 spiro atoms. The summed E-state index contributed by atoms with van der Waals surface area (Å²) < 4.78 is 4.72. The lowest BCUT2D eigenvalue weighted by atomic mass is 10.2. The van der Waals surface area contributed by atoms with Crippen LogP contribution in [-0.4, -0.2) is 46.7 Å². The van der Waals surface area contributed by atoms with Crippen molar-refractivity contribution in [3.63, 3.8) is 0 Å². The molecule has 0 fully saturated rings. The number of hydrogen-bond acceptors (Lipinski definition) is 5. The average Bonchev–Trinajstić information content (AvgIpc) is 2.33. The monoisotopic (exact) mass is 271 g/mol. The van der Waals surface area contributed by atoms with E-state index in [1.165, 1.54) is 7.11 Å². The van der Waals surface area contributed by atoms with Crippen molar-refractivity contribution in [2.45, 2.75) is 12.5 Å². The van der Waals surface area contributed by atoms with E-state index in [-0.39, 0.29) is 18.6 Å². The predicted molar refractivity (Wildman–Crippen MR) is 63.1 cm³/mol. The summed E-state index contributed by atoms with van der Waals surface area (Å²) in [6.07, 6.45) is 0.977. The molecular weight excluding hydrogens is 258 g/mol. The summed E-state index contributed by atoms with van der Waals surface area (Å²) >= 11 is 0. The average molecular weight is 271 g/mol. The second kappa shape index (κ2) is 6.50. The zero-order chi connectivity index (χ0) is 14.4. The fourth-order valence-electron chi connectivity index (χ4n) is 1.31. The molecule has 9 nitrogen and oxygen atoms in total. The molecule has 1 amide bonds. The fraction of sp³-hybridized carbons (Fsp3) is 0.400. The molecule has 4 N–H and O–H groups in total. The van der Waals surface area contributed by atoms with Gasteiger partial charge in [0.15, 0.2) is 0 Å². The van der Waals surface area contributed by atoms with E-state index in [9.17, 15) is 19.2 Å². The molecule has 19 heavy (non-hydrogen) atoms. The minimum absolute atomic E-state index is 0.0544. The first kappa shape index (κ1) is 14.6. The number of carboxylic acids is 1. The first-order valence-electron chi connectivity index (χ1n) is 5.30. The Morgan fingerprint density at radius 3 is 2.68 bits per heavy atom. The number of aromatic nitrogens is 2. The molecule has 104 valence electrons. The van der Waals surface area contributed by atoms with Gasteiger partial charge in [0.25, 0.3) is 11.5 Å². The maximum Gasteiger partial charge on any atom is 0.326 e. The summed E-state index contributed by atoms with van der Waals surface area (Å²) in [4.78, 5) is 48.7. The molecule has 1 aromatic heterocycles. The van der Waals surface area contributed by atoms with Crippen molar-refractivity contribution >= 4 is 11.9 Å². The Labute approximate surface area is 106 Å². The van der Waals surface area contributed by atoms with Crippen LogP contribution >= 0.6 is 0 Å². The van der Waals surface area contributed by atoms with Gasteiger partial charge in [0, 0.05) is 26.3 Å². The highest BCUT2D eigenvalue weighted by Crippen LogP contribution is 1.95. The van der Waals surface area contributed by atoms with Crippen molar-refractivity contribution in [2.24, 2.45) is 0 Å². The second-order valence-electron chi connectivity index (χ2n) is 3.63. The predicted octanol–water partition coefficient (Wildman–Crippen LogP) is -1.72. The summed E-state index contributed by atoms with van der Waals surface area (Å²) in [6.45, 7) is 0.138. The van der Waals surface area contributed by atoms with Crippen LogP contribution in [0.2, 0.25) is 0 Å². The van der Waals surface area contributed by atoms with Gasteiger partial charge < -0.3 is 20.1 Å². The number of aromatic amines is 2. The smallest absolute Gasteiger partial charge is 0.326 e. The van der Waals surface area contributed by atoms with E-state index in [1.54, 1.807) is 0 Å². The lowest BCUT2D eigenvalue weighted by Gasteiger charge is -2.13. The van der Waals surface area contributed by atoms with E-state index in [2.05, 4.69) is 10.3 Å². The minimum Gasteiger partial charge on any atom is -0.480 e. The van der Waals surface area contributed by atoms with Crippen molar-refractivity contribution in [2.75, 3.05) is 13.7 Å². The van der Waals surface area contributed by atoms with Gasteiger partial charge in [0.1, 0.15) is 11.6 Å². The van der Waals surface area contributed by atoms with Crippen LogP contribution in [0, 0.1) is 0 Å². The van der Waals surface area contributed by atoms with Crippen LogP contribution in [0.4, 0.5) is 0 Å². The van der Waals surface area contributed by atoms with Gasteiger partial charge in [-0.2, -0.15) is 0 Å². The van der Waals surface area contributed by atoms with Crippen LogP contribution in [0.3, 0.4) is 0 Å². The molecule has 0 aliphatic heterocycles. The van der Waals surface area contributed by atoms with Crippen molar-refractivity contribution in [1.82, 2.24) is 15.3 Å². The Kier molecular flexibility index (Phi) is 5.01. The molecule has 1 aromatic rings. The molecule has 0 bridgehead atoms. The van der Waals surface area contributed by atoms with Crippen LogP contribution in [0.5, 0.6) is 0 Å². The molecule has 1 unspecified atom stereocenters. The van der Waals surface area contributed by atoms with Crippen LogP contribution in [0.1, 0.15) is 16.8 Å². The highest BCUT2D eigenvalue weighted by atomic mass is 16.5. The van der Waals surface area contributed by atoms with E-state index in [0.29, 0.717) is 0 Å². The van der Waals surface area contributed by atoms with Gasteiger partial charge in [-0.05, 0) is 0 Å². The van der Waals surface area contributed by atoms with Gasteiger partial charge in [-0.15, -0.1) is 0 Å². The summed E-state index contributed by atoms with van der Waals surface area (Å²) in [5, 5.41) is 11.1. The number of rotatable bonds is 6. The van der Waals surface area contributed by atoms with E-state index >= 15 is 0 Å². The van der Waals surface area contributed by atoms with Crippen LogP contribution in [0.15, 0.2) is 15.8 Å². The number of amides is 1. The topological polar surface area (TPSA) is 141 Å². The number of nitrogens with one attached hydrogen (secondary N) is 3. The lowest BCUT2D eigenvalue weighted by Crippen LogP contribution is -2.43. The SMILES string of the molecule is COCCC(NC(=O)c1c[nH]c(=O)[nH]c1=O)C(=O)O. The number of ether oxygens (including phenoxy) is 1. The van der Waals surface area contributed by atoms with Crippen molar-refractivity contribution in [3.8, 4) is 0 Å². The molecule has 0 saturated carbocycles. The molecule has 1 heterocycles. The summed E-state index contributed by atoms with van der Waals surface area (Å²) in [5.41, 5.74) is -2.02. The molecule has 1 rings (SSSR count). The van der Waals surface area contributed by atoms with E-state index in [1.807, 2.05) is 4.98 Å². The number of methoxy groups -OCH3 is 1. The molecule has 0 aromatic carbocycles. The Hall–Kier alpha value is -2.42. The summed E-state index contributed by atoms with van der Waals surface area (Å²) in [6, 6.07) is -1.18. The Bertz CT molecular complexity index is 575. The minimum atomic E-state index is -1.24. The van der Waals surface area contributed by atoms with Gasteiger partial charge in [-0.3, -0.25) is 14.6 Å². The van der Waals surface area contributed by atoms with Gasteiger partial charge in [0.05, 0.1) is 0 Å². The van der Waals surface area contributed by atoms with Gasteiger partial charge in [-0.1, -0.05) is 0 Å². The zero-order valence-electron chi connectivity index (χ0n) is 10.1. The maximum absolute atomic E-state index is 11.7. The van der Waals surface area contributed by atoms with Crippen molar-refractivity contribution < 1.29 is 19.4 Å². The molecule has 0 saturated heterocycles. The van der Waals surface area contributed by atoms with Crippen LogP contribution < -0.4 is 16.6 Å². The van der Waals surface area contributed by atoms with Gasteiger partial charge in [0.2, 0.25) is 0 Å². The third kappa shape index (κ3) is 4.07. The van der Waals surface area contributed by atoms with Gasteiger partial charge in [-0.25, -0.2) is 9.59 Å². The molecule has 9 heteroatoms. The normalized spacial score (nSPS) is 11.8. The number of carbonyl (C=O) groups is 2. The largest absolute Gasteiger partial charge is 0.480 e. The standard InChI is InChI=1S/C10H13N3O6/c1-19-3-2-6(9(16)17)12-7(14)5-4-11-10(18)13-8(5)15/h4,6H,2-3H2,1H3,(H,12,14)(H,16,17)(H2,11,13,15,18). The number of carboxylic acid groups (broad SMARTS) is 1. The highest BCUT2D eigenvalue weighted by Gasteiger charge is 2.21. The fourth-order valence-corrected chi connectivity index (χ4v) is 1.31. The van der Waals surface area contributed by atoms with E-state index in [4.69, 9.17) is 9.84 Å². The second-order valence-corrected chi connectivity index (χ2v) is 3.63. The molecule has 0 aliphatic rings. The van der Waals surface area contributed by atoms with Gasteiger partial charge >= 0.3 is 11.7 Å². The number of hydrogen-bond donors (Lipinski definition) is 4. The van der Waals surface area contributed by atoms with Crippen LogP contribution in [0.25, 0.3) is 0 Å². The number of aliphatic carboxylic acids is 1. The third-order valence-electron chi connectivity index (χ3n) is 2.28. The van der Waals surface area contributed by atoms with Crippen molar-refractivity contribution in [1.29, 1.82) is 0 Å². The third-order valence-corrected chi connectivity index (χ3v) is 2.28. The first-order chi connectivity index (χ1) is 8.95. The number of carbonyl (C=O) groups excluding carboxylic acids is 1. The van der Waals surface area contributed by atoms with Crippen LogP contribution in [-0.2, 0) is 9.53 Å². The molecule has 0 aliphatic carbocycles. The maximum atomic E-state index is 11.7. The first-order valence-corrected chi connectivity index (χ1v) is 5.30. The summed E-state index contributed by atoms with van der Waals surface area (Å²) in [7, 11) is 1.40. The molecular formula is C10H13N3O6. The zero-order valence-corrected chi connectivity index (χ0v) is 10.1. The molecule has 0 radical (unpaired) electrons. The Morgan fingerprint density at radius 2 is 2.16 bits per heavy atom. The Balaban J connectivity index is 2.84. The summed E-state index contributed by atoms with van der Waals surface area (Å²) in [5.74, 6) is -2.13. The van der Waals surface area contributed by atoms with E-state index < -0.39 is 29.2 Å². The lowest BCUT2D eigenvalue weighted by molar-refractivity contribution is -0.139. The highest BCUT2D eigenvalue weighted by molar-refractivity contribution is 5.95. The quantitative estimate of drug-likeness (QED) is 0.485. The number of H-pyrrole nitrogens is 2. The Morgan fingerprint density at radius 1 is 1.47 bits per heavy atom. The van der Waals surface area contributed by atoms with E-state index in [0.717, 1.165) is 6.20 Å². The van der Waals surface area contributed by atoms with Crippen molar-refractivity contribution in [3.05, 3.63) is 32.6 Å².